The number of carbonyl (C=O) groups is 1. The van der Waals surface area contributed by atoms with Gasteiger partial charge in [0.2, 0.25) is 5.91 Å². The van der Waals surface area contributed by atoms with Crippen molar-refractivity contribution >= 4 is 5.91 Å². The van der Waals surface area contributed by atoms with Crippen LogP contribution in [0.1, 0.15) is 29.7 Å². The first kappa shape index (κ1) is 17.5. The van der Waals surface area contributed by atoms with E-state index in [4.69, 9.17) is 0 Å². The molecule has 0 spiro atoms. The van der Waals surface area contributed by atoms with Crippen LogP contribution in [0.25, 0.3) is 0 Å². The van der Waals surface area contributed by atoms with E-state index in [1.807, 2.05) is 12.1 Å². The first-order valence-electron chi connectivity index (χ1n) is 8.37. The summed E-state index contributed by atoms with van der Waals surface area (Å²) >= 11 is 0. The molecule has 2 aromatic rings. The minimum absolute atomic E-state index is 0.0307. The molecular formula is C19H21F2N3O. The summed E-state index contributed by atoms with van der Waals surface area (Å²) in [5, 5.41) is 2.74. The highest BCUT2D eigenvalue weighted by Crippen LogP contribution is 2.25. The summed E-state index contributed by atoms with van der Waals surface area (Å²) in [5.74, 6) is -1.77. The minimum atomic E-state index is -0.658. The van der Waals surface area contributed by atoms with Crippen molar-refractivity contribution in [1.82, 2.24) is 16.2 Å². The van der Waals surface area contributed by atoms with Gasteiger partial charge in [-0.05, 0) is 23.6 Å². The summed E-state index contributed by atoms with van der Waals surface area (Å²) < 4.78 is 26.6. The van der Waals surface area contributed by atoms with E-state index in [0.29, 0.717) is 6.54 Å². The van der Waals surface area contributed by atoms with Crippen LogP contribution >= 0.6 is 0 Å². The van der Waals surface area contributed by atoms with Gasteiger partial charge in [-0.1, -0.05) is 37.3 Å². The molecular weight excluding hydrogens is 324 g/mol. The molecule has 0 radical (unpaired) electrons. The number of amides is 1. The quantitative estimate of drug-likeness (QED) is 0.781. The summed E-state index contributed by atoms with van der Waals surface area (Å²) in [6, 6.07) is 11.3. The number of rotatable bonds is 5. The van der Waals surface area contributed by atoms with Gasteiger partial charge in [0.1, 0.15) is 11.6 Å². The Morgan fingerprint density at radius 1 is 1.20 bits per heavy atom. The summed E-state index contributed by atoms with van der Waals surface area (Å²) in [5.41, 5.74) is 8.66. The van der Waals surface area contributed by atoms with Crippen LogP contribution in [0.3, 0.4) is 0 Å². The number of aryl methyl sites for hydroxylation is 1. The predicted molar refractivity (Wildman–Crippen MR) is 91.4 cm³/mol. The molecule has 2 aromatic carbocycles. The van der Waals surface area contributed by atoms with Crippen molar-refractivity contribution in [1.29, 1.82) is 0 Å². The lowest BCUT2D eigenvalue weighted by Crippen LogP contribution is -2.34. The molecule has 1 amide bonds. The van der Waals surface area contributed by atoms with Gasteiger partial charge in [-0.2, -0.15) is 0 Å². The molecule has 1 heterocycles. The standard InChI is InChI=1S/C19H21F2N3O/c1-2-12-3-5-13(6-4-12)18-16(11-23-24-18)19(25)22-10-14-7-8-15(20)9-17(14)21/h3-9,16,18,23-24H,2,10-11H2,1H3,(H,22,25). The van der Waals surface area contributed by atoms with Crippen LogP contribution in [0.2, 0.25) is 0 Å². The topological polar surface area (TPSA) is 53.2 Å². The molecule has 132 valence electrons. The Morgan fingerprint density at radius 2 is 1.96 bits per heavy atom. The van der Waals surface area contributed by atoms with E-state index in [2.05, 4.69) is 35.2 Å². The molecule has 0 bridgehead atoms. The minimum Gasteiger partial charge on any atom is -0.352 e. The van der Waals surface area contributed by atoms with Crippen molar-refractivity contribution in [3.63, 3.8) is 0 Å². The maximum Gasteiger partial charge on any atom is 0.226 e. The van der Waals surface area contributed by atoms with Crippen molar-refractivity contribution in [2.75, 3.05) is 6.54 Å². The Labute approximate surface area is 145 Å². The highest BCUT2D eigenvalue weighted by Gasteiger charge is 2.33. The summed E-state index contributed by atoms with van der Waals surface area (Å²) in [6.45, 7) is 2.61. The Hall–Kier alpha value is -2.31. The van der Waals surface area contributed by atoms with Crippen LogP contribution < -0.4 is 16.2 Å². The van der Waals surface area contributed by atoms with E-state index in [9.17, 15) is 13.6 Å². The molecule has 1 aliphatic heterocycles. The lowest BCUT2D eigenvalue weighted by Gasteiger charge is -2.19. The molecule has 4 nitrogen and oxygen atoms in total. The molecule has 1 fully saturated rings. The molecule has 3 rings (SSSR count). The van der Waals surface area contributed by atoms with Crippen molar-refractivity contribution in [3.05, 3.63) is 70.8 Å². The molecule has 1 saturated heterocycles. The van der Waals surface area contributed by atoms with Gasteiger partial charge in [-0.15, -0.1) is 0 Å². The van der Waals surface area contributed by atoms with Crippen molar-refractivity contribution in [2.24, 2.45) is 5.92 Å². The molecule has 0 saturated carbocycles. The van der Waals surface area contributed by atoms with Gasteiger partial charge in [-0.25, -0.2) is 14.2 Å². The van der Waals surface area contributed by atoms with E-state index in [0.717, 1.165) is 18.1 Å². The van der Waals surface area contributed by atoms with Gasteiger partial charge in [-0.3, -0.25) is 10.2 Å². The molecule has 2 unspecified atom stereocenters. The number of carbonyl (C=O) groups excluding carboxylic acids is 1. The monoisotopic (exact) mass is 345 g/mol. The Balaban J connectivity index is 1.65. The number of hydrogen-bond acceptors (Lipinski definition) is 3. The van der Waals surface area contributed by atoms with Crippen molar-refractivity contribution < 1.29 is 13.6 Å². The Kier molecular flexibility index (Phi) is 5.40. The third kappa shape index (κ3) is 4.03. The van der Waals surface area contributed by atoms with Gasteiger partial charge in [0.25, 0.3) is 0 Å². The first-order valence-corrected chi connectivity index (χ1v) is 8.37. The maximum absolute atomic E-state index is 13.7. The second-order valence-electron chi connectivity index (χ2n) is 6.16. The zero-order valence-corrected chi connectivity index (χ0v) is 14.0. The van der Waals surface area contributed by atoms with Crippen LogP contribution in [0.5, 0.6) is 0 Å². The molecule has 1 aliphatic rings. The summed E-state index contributed by atoms with van der Waals surface area (Å²) in [6.07, 6.45) is 0.962. The normalized spacial score (nSPS) is 19.8. The lowest BCUT2D eigenvalue weighted by atomic mass is 9.93. The SMILES string of the molecule is CCc1ccc(C2NNCC2C(=O)NCc2ccc(F)cc2F)cc1. The van der Waals surface area contributed by atoms with E-state index < -0.39 is 11.6 Å². The molecule has 25 heavy (non-hydrogen) atoms. The van der Waals surface area contributed by atoms with Crippen molar-refractivity contribution in [2.45, 2.75) is 25.9 Å². The highest BCUT2D eigenvalue weighted by atomic mass is 19.1. The summed E-state index contributed by atoms with van der Waals surface area (Å²) in [7, 11) is 0. The van der Waals surface area contributed by atoms with Crippen LogP contribution in [0, 0.1) is 17.6 Å². The van der Waals surface area contributed by atoms with Gasteiger partial charge in [0, 0.05) is 24.7 Å². The maximum atomic E-state index is 13.7. The average Bonchev–Trinajstić information content (AvgIpc) is 3.10. The number of nitrogens with one attached hydrogen (secondary N) is 3. The highest BCUT2D eigenvalue weighted by molar-refractivity contribution is 5.80. The number of benzene rings is 2. The van der Waals surface area contributed by atoms with Crippen LogP contribution in [0.15, 0.2) is 42.5 Å². The molecule has 2 atom stereocenters. The van der Waals surface area contributed by atoms with E-state index in [-0.39, 0.29) is 30.0 Å². The second-order valence-corrected chi connectivity index (χ2v) is 6.16. The van der Waals surface area contributed by atoms with E-state index >= 15 is 0 Å². The Bertz CT molecular complexity index is 749. The van der Waals surface area contributed by atoms with Crippen LogP contribution in [-0.4, -0.2) is 12.5 Å². The number of hydrazine groups is 1. The molecule has 3 N–H and O–H groups in total. The van der Waals surface area contributed by atoms with Gasteiger partial charge >= 0.3 is 0 Å². The first-order chi connectivity index (χ1) is 12.1. The fourth-order valence-corrected chi connectivity index (χ4v) is 3.00. The zero-order chi connectivity index (χ0) is 17.8. The third-order valence-electron chi connectivity index (χ3n) is 4.53. The van der Waals surface area contributed by atoms with E-state index in [1.165, 1.54) is 17.7 Å². The smallest absolute Gasteiger partial charge is 0.226 e. The molecule has 6 heteroatoms. The predicted octanol–water partition coefficient (Wildman–Crippen LogP) is 2.61. The second kappa shape index (κ2) is 7.72. The third-order valence-corrected chi connectivity index (χ3v) is 4.53. The summed E-state index contributed by atoms with van der Waals surface area (Å²) in [4.78, 5) is 12.5. The van der Waals surface area contributed by atoms with Crippen molar-refractivity contribution in [3.8, 4) is 0 Å². The van der Waals surface area contributed by atoms with Gasteiger partial charge < -0.3 is 5.32 Å². The van der Waals surface area contributed by atoms with E-state index in [1.54, 1.807) is 0 Å². The zero-order valence-electron chi connectivity index (χ0n) is 14.0. The molecule has 0 aromatic heterocycles. The largest absolute Gasteiger partial charge is 0.352 e. The number of halogens is 2. The fraction of sp³-hybridized carbons (Fsp3) is 0.316. The van der Waals surface area contributed by atoms with Crippen LogP contribution in [0.4, 0.5) is 8.78 Å². The molecule has 0 aliphatic carbocycles. The van der Waals surface area contributed by atoms with Gasteiger partial charge in [0.05, 0.1) is 12.0 Å². The fourth-order valence-electron chi connectivity index (χ4n) is 3.00. The number of hydrogen-bond donors (Lipinski definition) is 3. The van der Waals surface area contributed by atoms with Crippen LogP contribution in [-0.2, 0) is 17.8 Å². The Morgan fingerprint density at radius 3 is 2.64 bits per heavy atom. The average molecular weight is 345 g/mol. The lowest BCUT2D eigenvalue weighted by molar-refractivity contribution is -0.125. The van der Waals surface area contributed by atoms with Gasteiger partial charge in [0.15, 0.2) is 0 Å².